The molecule has 0 fully saturated rings. The van der Waals surface area contributed by atoms with E-state index in [2.05, 4.69) is 5.32 Å². The number of benzene rings is 1. The minimum absolute atomic E-state index is 0.0138. The molecule has 0 bridgehead atoms. The average Bonchev–Trinajstić information content (AvgIpc) is 2.23. The SMILES string of the molecule is CC.CNC(=O)c1cc(C)ccc1O. The molecule has 78 valence electrons. The van der Waals surface area contributed by atoms with Crippen molar-refractivity contribution in [2.24, 2.45) is 0 Å². The van der Waals surface area contributed by atoms with Crippen LogP contribution in [-0.4, -0.2) is 18.1 Å². The van der Waals surface area contributed by atoms with Crippen molar-refractivity contribution < 1.29 is 9.90 Å². The van der Waals surface area contributed by atoms with Crippen molar-refractivity contribution in [1.82, 2.24) is 5.32 Å². The molecule has 1 aromatic rings. The van der Waals surface area contributed by atoms with E-state index in [0.717, 1.165) is 5.56 Å². The highest BCUT2D eigenvalue weighted by Gasteiger charge is 2.08. The van der Waals surface area contributed by atoms with Gasteiger partial charge in [-0.15, -0.1) is 0 Å². The molecule has 0 saturated carbocycles. The molecule has 2 N–H and O–H groups in total. The summed E-state index contributed by atoms with van der Waals surface area (Å²) in [5.41, 5.74) is 1.27. The van der Waals surface area contributed by atoms with Gasteiger partial charge in [0.15, 0.2) is 0 Å². The van der Waals surface area contributed by atoms with Gasteiger partial charge in [-0.1, -0.05) is 25.5 Å². The van der Waals surface area contributed by atoms with Crippen LogP contribution in [0.2, 0.25) is 0 Å². The third-order valence-corrected chi connectivity index (χ3v) is 1.62. The number of phenolic OH excluding ortho intramolecular Hbond substituents is 1. The summed E-state index contributed by atoms with van der Waals surface area (Å²) in [6.07, 6.45) is 0. The van der Waals surface area contributed by atoms with E-state index in [0.29, 0.717) is 5.56 Å². The van der Waals surface area contributed by atoms with Crippen LogP contribution in [0.1, 0.15) is 29.8 Å². The van der Waals surface area contributed by atoms with Crippen LogP contribution in [0.25, 0.3) is 0 Å². The van der Waals surface area contributed by atoms with Gasteiger partial charge in [-0.3, -0.25) is 4.79 Å². The lowest BCUT2D eigenvalue weighted by molar-refractivity contribution is 0.0960. The van der Waals surface area contributed by atoms with Gasteiger partial charge in [-0.25, -0.2) is 0 Å². The van der Waals surface area contributed by atoms with Gasteiger partial charge >= 0.3 is 0 Å². The monoisotopic (exact) mass is 195 g/mol. The number of aromatic hydroxyl groups is 1. The maximum atomic E-state index is 11.1. The molecule has 0 aromatic heterocycles. The highest BCUT2D eigenvalue weighted by molar-refractivity contribution is 5.96. The number of amides is 1. The Bertz CT molecular complexity index is 308. The summed E-state index contributed by atoms with van der Waals surface area (Å²) in [5.74, 6) is -0.254. The summed E-state index contributed by atoms with van der Waals surface area (Å²) in [6, 6.07) is 4.91. The van der Waals surface area contributed by atoms with E-state index in [4.69, 9.17) is 0 Å². The van der Waals surface area contributed by atoms with Crippen LogP contribution in [0.5, 0.6) is 5.75 Å². The number of nitrogens with one attached hydrogen (secondary N) is 1. The van der Waals surface area contributed by atoms with E-state index < -0.39 is 0 Å². The predicted molar refractivity (Wildman–Crippen MR) is 57.6 cm³/mol. The van der Waals surface area contributed by atoms with Gasteiger partial charge in [0.1, 0.15) is 5.75 Å². The molecular weight excluding hydrogens is 178 g/mol. The first-order valence-corrected chi connectivity index (χ1v) is 4.67. The van der Waals surface area contributed by atoms with Crippen molar-refractivity contribution in [3.63, 3.8) is 0 Å². The first kappa shape index (κ1) is 12.5. The number of hydrogen-bond acceptors (Lipinski definition) is 2. The quantitative estimate of drug-likeness (QED) is 0.720. The van der Waals surface area contributed by atoms with E-state index in [1.54, 1.807) is 12.1 Å². The third kappa shape index (κ3) is 3.09. The van der Waals surface area contributed by atoms with Crippen LogP contribution in [0, 0.1) is 6.92 Å². The fourth-order valence-electron chi connectivity index (χ4n) is 0.966. The Morgan fingerprint density at radius 2 is 1.93 bits per heavy atom. The largest absolute Gasteiger partial charge is 0.507 e. The summed E-state index contributed by atoms with van der Waals surface area (Å²) in [4.78, 5) is 11.1. The maximum absolute atomic E-state index is 11.1. The van der Waals surface area contributed by atoms with E-state index in [1.165, 1.54) is 13.1 Å². The smallest absolute Gasteiger partial charge is 0.254 e. The van der Waals surface area contributed by atoms with Gasteiger partial charge in [0, 0.05) is 7.05 Å². The lowest BCUT2D eigenvalue weighted by Gasteiger charge is -2.03. The molecule has 0 unspecified atom stereocenters. The van der Waals surface area contributed by atoms with Crippen molar-refractivity contribution in [3.8, 4) is 5.75 Å². The van der Waals surface area contributed by atoms with Gasteiger partial charge < -0.3 is 10.4 Å². The zero-order valence-electron chi connectivity index (χ0n) is 9.09. The Hall–Kier alpha value is -1.51. The first-order valence-electron chi connectivity index (χ1n) is 4.67. The number of carbonyl (C=O) groups is 1. The molecule has 0 atom stereocenters. The fraction of sp³-hybridized carbons (Fsp3) is 0.364. The van der Waals surface area contributed by atoms with Crippen LogP contribution in [0.15, 0.2) is 18.2 Å². The van der Waals surface area contributed by atoms with E-state index in [-0.39, 0.29) is 11.7 Å². The number of aryl methyl sites for hydroxylation is 1. The van der Waals surface area contributed by atoms with Crippen molar-refractivity contribution >= 4 is 5.91 Å². The molecule has 0 aliphatic rings. The van der Waals surface area contributed by atoms with Crippen molar-refractivity contribution in [3.05, 3.63) is 29.3 Å². The Labute approximate surface area is 84.8 Å². The molecule has 0 heterocycles. The molecule has 0 aliphatic heterocycles. The minimum atomic E-state index is -0.267. The normalized spacial score (nSPS) is 8.57. The molecule has 14 heavy (non-hydrogen) atoms. The molecule has 0 saturated heterocycles. The van der Waals surface area contributed by atoms with Crippen molar-refractivity contribution in [2.75, 3.05) is 7.05 Å². The minimum Gasteiger partial charge on any atom is -0.507 e. The molecule has 1 amide bonds. The molecule has 0 radical (unpaired) electrons. The molecule has 1 rings (SSSR count). The summed E-state index contributed by atoms with van der Waals surface area (Å²) in [6.45, 7) is 5.87. The zero-order chi connectivity index (χ0) is 11.1. The predicted octanol–water partition coefficient (Wildman–Crippen LogP) is 2.09. The first-order chi connectivity index (χ1) is 6.65. The van der Waals surface area contributed by atoms with Gasteiger partial charge in [-0.2, -0.15) is 0 Å². The second kappa shape index (κ2) is 6.02. The molecule has 0 aliphatic carbocycles. The van der Waals surface area contributed by atoms with Crippen molar-refractivity contribution in [2.45, 2.75) is 20.8 Å². The molecule has 0 spiro atoms. The van der Waals surface area contributed by atoms with Gasteiger partial charge in [0.2, 0.25) is 0 Å². The van der Waals surface area contributed by atoms with Crippen LogP contribution >= 0.6 is 0 Å². The van der Waals surface area contributed by atoms with Crippen molar-refractivity contribution in [1.29, 1.82) is 0 Å². The molecular formula is C11H17NO2. The Kier molecular flexibility index (Phi) is 5.37. The fourth-order valence-corrected chi connectivity index (χ4v) is 0.966. The van der Waals surface area contributed by atoms with E-state index >= 15 is 0 Å². The van der Waals surface area contributed by atoms with Crippen LogP contribution < -0.4 is 5.32 Å². The standard InChI is InChI=1S/C9H11NO2.C2H6/c1-6-3-4-8(11)7(5-6)9(12)10-2;1-2/h3-5,11H,1-2H3,(H,10,12);1-2H3. The number of hydrogen-bond donors (Lipinski definition) is 2. The molecule has 3 nitrogen and oxygen atoms in total. The zero-order valence-corrected chi connectivity index (χ0v) is 9.09. The van der Waals surface area contributed by atoms with Crippen LogP contribution in [-0.2, 0) is 0 Å². The third-order valence-electron chi connectivity index (χ3n) is 1.62. The Morgan fingerprint density at radius 3 is 2.43 bits per heavy atom. The summed E-state index contributed by atoms with van der Waals surface area (Å²) in [5, 5.41) is 11.7. The van der Waals surface area contributed by atoms with E-state index in [9.17, 15) is 9.90 Å². The summed E-state index contributed by atoms with van der Waals surface area (Å²) in [7, 11) is 1.53. The second-order valence-electron chi connectivity index (χ2n) is 2.60. The molecule has 3 heteroatoms. The highest BCUT2D eigenvalue weighted by atomic mass is 16.3. The topological polar surface area (TPSA) is 49.3 Å². The maximum Gasteiger partial charge on any atom is 0.254 e. The van der Waals surface area contributed by atoms with Crippen LogP contribution in [0.4, 0.5) is 0 Å². The Balaban J connectivity index is 0.000000791. The lowest BCUT2D eigenvalue weighted by Crippen LogP contribution is -2.17. The lowest BCUT2D eigenvalue weighted by atomic mass is 10.1. The molecule has 1 aromatic carbocycles. The van der Waals surface area contributed by atoms with Gasteiger partial charge in [0.05, 0.1) is 5.56 Å². The van der Waals surface area contributed by atoms with Crippen LogP contribution in [0.3, 0.4) is 0 Å². The number of phenols is 1. The number of carbonyl (C=O) groups excluding carboxylic acids is 1. The number of rotatable bonds is 1. The van der Waals surface area contributed by atoms with Gasteiger partial charge in [0.25, 0.3) is 5.91 Å². The summed E-state index contributed by atoms with van der Waals surface area (Å²) < 4.78 is 0. The average molecular weight is 195 g/mol. The Morgan fingerprint density at radius 1 is 1.36 bits per heavy atom. The highest BCUT2D eigenvalue weighted by Crippen LogP contribution is 2.17. The van der Waals surface area contributed by atoms with E-state index in [1.807, 2.05) is 20.8 Å². The second-order valence-corrected chi connectivity index (χ2v) is 2.60. The van der Waals surface area contributed by atoms with Gasteiger partial charge in [-0.05, 0) is 19.1 Å². The summed E-state index contributed by atoms with van der Waals surface area (Å²) >= 11 is 0.